The maximum Gasteiger partial charge on any atom is 0.250 e. The first kappa shape index (κ1) is 11.2. The Hall–Kier alpha value is 0.0900. The molecule has 76 valence electrons. The number of carbonyl (C=O) groups is 1. The highest BCUT2D eigenvalue weighted by Gasteiger charge is 2.21. The molecule has 1 saturated heterocycles. The fourth-order valence-corrected chi connectivity index (χ4v) is 3.22. The van der Waals surface area contributed by atoms with E-state index in [2.05, 4.69) is 10.3 Å². The molecule has 1 atom stereocenters. The van der Waals surface area contributed by atoms with Crippen molar-refractivity contribution in [1.82, 2.24) is 10.3 Å². The van der Waals surface area contributed by atoms with Gasteiger partial charge in [0, 0.05) is 24.6 Å². The minimum atomic E-state index is -0.107. The molecule has 0 aromatic heterocycles. The van der Waals surface area contributed by atoms with Gasteiger partial charge in [-0.25, -0.2) is 5.84 Å². The third-order valence-electron chi connectivity index (χ3n) is 2.08. The lowest BCUT2D eigenvalue weighted by Gasteiger charge is -2.25. The van der Waals surface area contributed by atoms with Crippen LogP contribution in [-0.2, 0) is 4.79 Å². The Morgan fingerprint density at radius 3 is 2.46 bits per heavy atom. The van der Waals surface area contributed by atoms with Crippen LogP contribution in [0.5, 0.6) is 0 Å². The highest BCUT2D eigenvalue weighted by atomic mass is 33.1. The largest absolute Gasteiger partial charge is 0.293 e. The molecule has 1 aliphatic rings. The average Bonchev–Trinajstić information content (AvgIpc) is 2.43. The van der Waals surface area contributed by atoms with Gasteiger partial charge in [0.25, 0.3) is 5.91 Å². The lowest BCUT2D eigenvalue weighted by molar-refractivity contribution is -0.125. The quantitative estimate of drug-likeness (QED) is 0.299. The number of hydrogen-bond acceptors (Lipinski definition) is 5. The first-order chi connectivity index (χ1) is 6.25. The van der Waals surface area contributed by atoms with Crippen molar-refractivity contribution >= 4 is 27.5 Å². The van der Waals surface area contributed by atoms with E-state index in [0.29, 0.717) is 0 Å². The highest BCUT2D eigenvalue weighted by molar-refractivity contribution is 8.76. The molecule has 1 fully saturated rings. The normalized spacial score (nSPS) is 22.0. The summed E-state index contributed by atoms with van der Waals surface area (Å²) in [7, 11) is 3.74. The van der Waals surface area contributed by atoms with Gasteiger partial charge < -0.3 is 0 Å². The van der Waals surface area contributed by atoms with Crippen LogP contribution < -0.4 is 11.3 Å². The van der Waals surface area contributed by atoms with Crippen molar-refractivity contribution in [3.63, 3.8) is 0 Å². The fourth-order valence-electron chi connectivity index (χ4n) is 1.21. The molecular weight excluding hydrogens is 206 g/mol. The summed E-state index contributed by atoms with van der Waals surface area (Å²) in [6, 6.07) is -0.107. The topological polar surface area (TPSA) is 58.4 Å². The zero-order valence-electron chi connectivity index (χ0n) is 7.66. The van der Waals surface area contributed by atoms with Gasteiger partial charge in [-0.05, 0) is 6.92 Å². The van der Waals surface area contributed by atoms with Crippen LogP contribution in [0.4, 0.5) is 0 Å². The van der Waals surface area contributed by atoms with Crippen molar-refractivity contribution in [3.8, 4) is 0 Å². The Bertz CT molecular complexity index is 171. The number of rotatable bonds is 2. The van der Waals surface area contributed by atoms with Gasteiger partial charge in [-0.2, -0.15) is 0 Å². The van der Waals surface area contributed by atoms with E-state index in [1.165, 1.54) is 0 Å². The van der Waals surface area contributed by atoms with Gasteiger partial charge in [-0.1, -0.05) is 21.6 Å². The number of nitrogens with zero attached hydrogens (tertiary/aromatic N) is 1. The molecule has 1 unspecified atom stereocenters. The standard InChI is InChI=1S/C7H15N3OS2/c1-6(7(11)9-8)10-2-4-12-13-5-3-10/h6H,2-5,8H2,1H3,(H,9,11). The molecule has 0 spiro atoms. The first-order valence-corrected chi connectivity index (χ1v) is 6.73. The van der Waals surface area contributed by atoms with Crippen LogP contribution in [0.15, 0.2) is 0 Å². The number of hydrazine groups is 1. The number of nitrogens with one attached hydrogen (secondary N) is 1. The van der Waals surface area contributed by atoms with Crippen LogP contribution >= 0.6 is 21.6 Å². The Morgan fingerprint density at radius 1 is 1.46 bits per heavy atom. The van der Waals surface area contributed by atoms with Gasteiger partial charge in [0.05, 0.1) is 6.04 Å². The monoisotopic (exact) mass is 221 g/mol. The average molecular weight is 221 g/mol. The number of hydrogen-bond donors (Lipinski definition) is 2. The zero-order valence-corrected chi connectivity index (χ0v) is 9.29. The molecule has 0 saturated carbocycles. The van der Waals surface area contributed by atoms with E-state index in [1.54, 1.807) is 0 Å². The van der Waals surface area contributed by atoms with Crippen molar-refractivity contribution in [2.45, 2.75) is 13.0 Å². The molecule has 4 nitrogen and oxygen atoms in total. The van der Waals surface area contributed by atoms with Crippen molar-refractivity contribution in [2.75, 3.05) is 24.6 Å². The van der Waals surface area contributed by atoms with Gasteiger partial charge >= 0.3 is 0 Å². The molecule has 13 heavy (non-hydrogen) atoms. The second kappa shape index (κ2) is 5.74. The summed E-state index contributed by atoms with van der Waals surface area (Å²) in [5, 5.41) is 0. The lowest BCUT2D eigenvalue weighted by atomic mass is 10.2. The van der Waals surface area contributed by atoms with Crippen LogP contribution in [0, 0.1) is 0 Å². The summed E-state index contributed by atoms with van der Waals surface area (Å²) in [5.74, 6) is 7.13. The maximum atomic E-state index is 11.2. The molecular formula is C7H15N3OS2. The predicted octanol–water partition coefficient (Wildman–Crippen LogP) is 0.0618. The molecule has 0 radical (unpaired) electrons. The predicted molar refractivity (Wildman–Crippen MR) is 58.3 cm³/mol. The number of carbonyl (C=O) groups excluding carboxylic acids is 1. The first-order valence-electron chi connectivity index (χ1n) is 4.24. The third kappa shape index (κ3) is 3.38. The Balaban J connectivity index is 2.43. The van der Waals surface area contributed by atoms with Crippen LogP contribution in [0.2, 0.25) is 0 Å². The number of amides is 1. The van der Waals surface area contributed by atoms with Gasteiger partial charge in [0.2, 0.25) is 0 Å². The van der Waals surface area contributed by atoms with Crippen LogP contribution in [-0.4, -0.2) is 41.4 Å². The minimum absolute atomic E-state index is 0.100. The summed E-state index contributed by atoms with van der Waals surface area (Å²) in [6.07, 6.45) is 0. The molecule has 6 heteroatoms. The Morgan fingerprint density at radius 2 is 2.00 bits per heavy atom. The second-order valence-electron chi connectivity index (χ2n) is 2.86. The van der Waals surface area contributed by atoms with E-state index < -0.39 is 0 Å². The van der Waals surface area contributed by atoms with Gasteiger partial charge in [-0.15, -0.1) is 0 Å². The van der Waals surface area contributed by atoms with E-state index in [0.717, 1.165) is 24.6 Å². The molecule has 0 aromatic rings. The van der Waals surface area contributed by atoms with Gasteiger partial charge in [0.1, 0.15) is 0 Å². The van der Waals surface area contributed by atoms with E-state index in [4.69, 9.17) is 5.84 Å². The Kier molecular flexibility index (Phi) is 4.93. The summed E-state index contributed by atoms with van der Waals surface area (Å²) >= 11 is 0. The molecule has 0 aromatic carbocycles. The molecule has 1 rings (SSSR count). The van der Waals surface area contributed by atoms with Crippen LogP contribution in [0.25, 0.3) is 0 Å². The smallest absolute Gasteiger partial charge is 0.250 e. The number of nitrogens with two attached hydrogens (primary N) is 1. The summed E-state index contributed by atoms with van der Waals surface area (Å²) in [4.78, 5) is 13.4. The van der Waals surface area contributed by atoms with Crippen LogP contribution in [0.3, 0.4) is 0 Å². The fraction of sp³-hybridized carbons (Fsp3) is 0.857. The molecule has 1 aliphatic heterocycles. The third-order valence-corrected chi connectivity index (χ3v) is 4.44. The van der Waals surface area contributed by atoms with Crippen molar-refractivity contribution in [1.29, 1.82) is 0 Å². The van der Waals surface area contributed by atoms with E-state index in [9.17, 15) is 4.79 Å². The zero-order chi connectivity index (χ0) is 9.68. The summed E-state index contributed by atoms with van der Waals surface area (Å²) in [5.41, 5.74) is 2.19. The van der Waals surface area contributed by atoms with Gasteiger partial charge in [0.15, 0.2) is 0 Å². The maximum absolute atomic E-state index is 11.2. The SMILES string of the molecule is CC(C(=O)NN)N1CCSSCC1. The molecule has 0 bridgehead atoms. The molecule has 3 N–H and O–H groups in total. The minimum Gasteiger partial charge on any atom is -0.293 e. The van der Waals surface area contributed by atoms with E-state index >= 15 is 0 Å². The second-order valence-corrected chi connectivity index (χ2v) is 5.57. The van der Waals surface area contributed by atoms with Crippen molar-refractivity contribution in [2.24, 2.45) is 5.84 Å². The van der Waals surface area contributed by atoms with E-state index in [-0.39, 0.29) is 11.9 Å². The van der Waals surface area contributed by atoms with Crippen molar-refractivity contribution < 1.29 is 4.79 Å². The molecule has 0 aliphatic carbocycles. The highest BCUT2D eigenvalue weighted by Crippen LogP contribution is 2.24. The Labute approximate surface area is 86.4 Å². The lowest BCUT2D eigenvalue weighted by Crippen LogP contribution is -2.48. The molecule has 1 heterocycles. The summed E-state index contributed by atoms with van der Waals surface area (Å²) in [6.45, 7) is 3.82. The van der Waals surface area contributed by atoms with Crippen LogP contribution in [0.1, 0.15) is 6.92 Å². The van der Waals surface area contributed by atoms with Crippen molar-refractivity contribution in [3.05, 3.63) is 0 Å². The molecule has 1 amide bonds. The van der Waals surface area contributed by atoms with Gasteiger partial charge in [-0.3, -0.25) is 15.1 Å². The van der Waals surface area contributed by atoms with E-state index in [1.807, 2.05) is 28.5 Å². The summed E-state index contributed by atoms with van der Waals surface area (Å²) < 4.78 is 0.